The molecule has 0 aromatic carbocycles. The number of ether oxygens (including phenoxy) is 1. The lowest BCUT2D eigenvalue weighted by atomic mass is 10.2. The number of aliphatic hydroxyl groups excluding tert-OH is 1. The van der Waals surface area contributed by atoms with Crippen LogP contribution in [0.15, 0.2) is 0 Å². The van der Waals surface area contributed by atoms with Crippen LogP contribution in [0.5, 0.6) is 0 Å². The molecule has 2 heteroatoms. The number of hydrogen-bond acceptors (Lipinski definition) is 2. The van der Waals surface area contributed by atoms with E-state index in [0.717, 1.165) is 0 Å². The van der Waals surface area contributed by atoms with Gasteiger partial charge in [0.1, 0.15) is 6.10 Å². The Bertz CT molecular complexity index is 70.5. The van der Waals surface area contributed by atoms with E-state index < -0.39 is 0 Å². The van der Waals surface area contributed by atoms with E-state index in [1.165, 1.54) is 0 Å². The third-order valence-corrected chi connectivity index (χ3v) is 1.23. The maximum Gasteiger partial charge on any atom is 0.109 e. The Morgan fingerprint density at radius 1 is 1.71 bits per heavy atom. The maximum absolute atomic E-state index is 8.74. The lowest BCUT2D eigenvalue weighted by Gasteiger charge is -1.92. The first-order chi connectivity index (χ1) is 3.22. The third kappa shape index (κ3) is 0.924. The molecule has 1 aliphatic rings. The number of aliphatic hydroxyl groups is 1. The van der Waals surface area contributed by atoms with Crippen LogP contribution in [0.25, 0.3) is 0 Å². The molecule has 0 aliphatic carbocycles. The van der Waals surface area contributed by atoms with Gasteiger partial charge in [-0.3, -0.25) is 0 Å². The third-order valence-electron chi connectivity index (χ3n) is 1.23. The summed E-state index contributed by atoms with van der Waals surface area (Å²) in [6.45, 7) is 3.70. The maximum atomic E-state index is 8.74. The second kappa shape index (κ2) is 1.46. The quantitative estimate of drug-likeness (QED) is 0.478. The van der Waals surface area contributed by atoms with E-state index in [9.17, 15) is 0 Å². The minimum absolute atomic E-state index is 0.125. The van der Waals surface area contributed by atoms with E-state index in [-0.39, 0.29) is 12.2 Å². The fourth-order valence-corrected chi connectivity index (χ4v) is 0.708. The SMILES string of the molecule is C[C@@H](O)[C@@H]1O[C@@H]1C. The monoisotopic (exact) mass is 102 g/mol. The minimum Gasteiger partial charge on any atom is -0.391 e. The Labute approximate surface area is 43.1 Å². The summed E-state index contributed by atoms with van der Waals surface area (Å²) in [5, 5.41) is 8.74. The van der Waals surface area contributed by atoms with Gasteiger partial charge in [-0.05, 0) is 13.8 Å². The summed E-state index contributed by atoms with van der Waals surface area (Å²) in [5.41, 5.74) is 0. The second-order valence-electron chi connectivity index (χ2n) is 2.05. The second-order valence-corrected chi connectivity index (χ2v) is 2.05. The molecule has 1 saturated heterocycles. The van der Waals surface area contributed by atoms with E-state index in [0.29, 0.717) is 6.10 Å². The Balaban J connectivity index is 2.20. The highest BCUT2D eigenvalue weighted by molar-refractivity contribution is 4.84. The molecule has 1 fully saturated rings. The van der Waals surface area contributed by atoms with Crippen LogP contribution in [-0.4, -0.2) is 23.4 Å². The van der Waals surface area contributed by atoms with Gasteiger partial charge in [-0.2, -0.15) is 0 Å². The highest BCUT2D eigenvalue weighted by atomic mass is 16.6. The van der Waals surface area contributed by atoms with Crippen LogP contribution < -0.4 is 0 Å². The number of hydrogen-bond donors (Lipinski definition) is 1. The van der Waals surface area contributed by atoms with Gasteiger partial charge in [0.2, 0.25) is 0 Å². The average molecular weight is 102 g/mol. The fraction of sp³-hybridized carbons (Fsp3) is 1.00. The van der Waals surface area contributed by atoms with E-state index in [1.807, 2.05) is 6.92 Å². The van der Waals surface area contributed by atoms with Crippen molar-refractivity contribution in [2.75, 3.05) is 0 Å². The normalized spacial score (nSPS) is 43.3. The molecule has 0 aromatic rings. The summed E-state index contributed by atoms with van der Waals surface area (Å²) < 4.78 is 4.93. The molecular formula is C5H10O2. The predicted molar refractivity (Wildman–Crippen MR) is 26.0 cm³/mol. The van der Waals surface area contributed by atoms with Crippen molar-refractivity contribution in [1.82, 2.24) is 0 Å². The lowest BCUT2D eigenvalue weighted by Crippen LogP contribution is -2.09. The molecule has 3 atom stereocenters. The molecular weight excluding hydrogens is 92.1 g/mol. The highest BCUT2D eigenvalue weighted by Crippen LogP contribution is 2.23. The van der Waals surface area contributed by atoms with Crippen LogP contribution in [0.1, 0.15) is 13.8 Å². The minimum atomic E-state index is -0.282. The van der Waals surface area contributed by atoms with Crippen molar-refractivity contribution >= 4 is 0 Å². The van der Waals surface area contributed by atoms with Crippen LogP contribution in [0, 0.1) is 0 Å². The Morgan fingerprint density at radius 2 is 2.14 bits per heavy atom. The zero-order valence-electron chi connectivity index (χ0n) is 4.59. The summed E-state index contributed by atoms with van der Waals surface area (Å²) >= 11 is 0. The molecule has 1 heterocycles. The molecule has 0 aromatic heterocycles. The van der Waals surface area contributed by atoms with Crippen molar-refractivity contribution in [2.45, 2.75) is 32.2 Å². The van der Waals surface area contributed by atoms with Gasteiger partial charge in [-0.1, -0.05) is 0 Å². The van der Waals surface area contributed by atoms with Gasteiger partial charge in [0.15, 0.2) is 0 Å². The molecule has 2 nitrogen and oxygen atoms in total. The molecule has 1 aliphatic heterocycles. The average Bonchev–Trinajstić information content (AvgIpc) is 2.17. The molecule has 1 rings (SSSR count). The first kappa shape index (κ1) is 5.06. The summed E-state index contributed by atoms with van der Waals surface area (Å²) in [7, 11) is 0. The molecule has 0 unspecified atom stereocenters. The first-order valence-corrected chi connectivity index (χ1v) is 2.55. The van der Waals surface area contributed by atoms with E-state index >= 15 is 0 Å². The smallest absolute Gasteiger partial charge is 0.109 e. The summed E-state index contributed by atoms with van der Waals surface area (Å²) in [4.78, 5) is 0. The van der Waals surface area contributed by atoms with Crippen LogP contribution in [0.3, 0.4) is 0 Å². The van der Waals surface area contributed by atoms with E-state index in [2.05, 4.69) is 0 Å². The van der Waals surface area contributed by atoms with Gasteiger partial charge in [0.05, 0.1) is 12.2 Å². The molecule has 7 heavy (non-hydrogen) atoms. The standard InChI is InChI=1S/C5H10O2/c1-3(6)5-4(2)7-5/h3-6H,1-2H3/t3-,4-,5+/m1/s1. The fourth-order valence-electron chi connectivity index (χ4n) is 0.708. The van der Waals surface area contributed by atoms with Crippen molar-refractivity contribution in [1.29, 1.82) is 0 Å². The van der Waals surface area contributed by atoms with Crippen LogP contribution >= 0.6 is 0 Å². The van der Waals surface area contributed by atoms with Crippen LogP contribution in [-0.2, 0) is 4.74 Å². The molecule has 0 radical (unpaired) electrons. The Hall–Kier alpha value is -0.0800. The van der Waals surface area contributed by atoms with Gasteiger partial charge in [0, 0.05) is 0 Å². The van der Waals surface area contributed by atoms with Gasteiger partial charge >= 0.3 is 0 Å². The van der Waals surface area contributed by atoms with Gasteiger partial charge in [-0.25, -0.2) is 0 Å². The summed E-state index contributed by atoms with van der Waals surface area (Å²) in [6, 6.07) is 0. The predicted octanol–water partition coefficient (Wildman–Crippen LogP) is 0.155. The molecule has 42 valence electrons. The van der Waals surface area contributed by atoms with Gasteiger partial charge < -0.3 is 9.84 Å². The molecule has 1 N–H and O–H groups in total. The topological polar surface area (TPSA) is 32.8 Å². The molecule has 0 saturated carbocycles. The summed E-state index contributed by atoms with van der Waals surface area (Å²) in [6.07, 6.45) is 0.134. The Morgan fingerprint density at radius 3 is 2.14 bits per heavy atom. The lowest BCUT2D eigenvalue weighted by molar-refractivity contribution is 0.152. The van der Waals surface area contributed by atoms with Crippen molar-refractivity contribution in [3.8, 4) is 0 Å². The molecule has 0 amide bonds. The zero-order chi connectivity index (χ0) is 5.44. The molecule has 0 bridgehead atoms. The van der Waals surface area contributed by atoms with Crippen molar-refractivity contribution < 1.29 is 9.84 Å². The first-order valence-electron chi connectivity index (χ1n) is 2.55. The van der Waals surface area contributed by atoms with Crippen molar-refractivity contribution in [3.05, 3.63) is 0 Å². The summed E-state index contributed by atoms with van der Waals surface area (Å²) in [5.74, 6) is 0. The van der Waals surface area contributed by atoms with E-state index in [1.54, 1.807) is 6.92 Å². The number of rotatable bonds is 1. The number of epoxide rings is 1. The van der Waals surface area contributed by atoms with Crippen LogP contribution in [0.2, 0.25) is 0 Å². The van der Waals surface area contributed by atoms with Gasteiger partial charge in [0.25, 0.3) is 0 Å². The largest absolute Gasteiger partial charge is 0.391 e. The highest BCUT2D eigenvalue weighted by Gasteiger charge is 2.37. The Kier molecular flexibility index (Phi) is 1.05. The van der Waals surface area contributed by atoms with Crippen molar-refractivity contribution in [2.24, 2.45) is 0 Å². The van der Waals surface area contributed by atoms with Gasteiger partial charge in [-0.15, -0.1) is 0 Å². The van der Waals surface area contributed by atoms with E-state index in [4.69, 9.17) is 9.84 Å². The van der Waals surface area contributed by atoms with Crippen molar-refractivity contribution in [3.63, 3.8) is 0 Å². The molecule has 0 spiro atoms. The van der Waals surface area contributed by atoms with Crippen LogP contribution in [0.4, 0.5) is 0 Å². The zero-order valence-corrected chi connectivity index (χ0v) is 4.59.